The number of nitrogens with zero attached hydrogens (tertiary/aromatic N) is 2. The summed E-state index contributed by atoms with van der Waals surface area (Å²) in [5.41, 5.74) is 1.55. The minimum atomic E-state index is -0.739. The van der Waals surface area contributed by atoms with Gasteiger partial charge in [0.05, 0.1) is 32.3 Å². The van der Waals surface area contributed by atoms with Crippen LogP contribution in [0, 0.1) is 0 Å². The van der Waals surface area contributed by atoms with E-state index in [2.05, 4.69) is 9.72 Å². The molecule has 2 heterocycles. The van der Waals surface area contributed by atoms with E-state index in [1.165, 1.54) is 7.11 Å². The summed E-state index contributed by atoms with van der Waals surface area (Å²) < 4.78 is 17.2. The SMILES string of the molecule is COC(=O)Cc1cc(N2CC(F)C2)ccn1. The number of hydrogen-bond donors (Lipinski definition) is 0. The van der Waals surface area contributed by atoms with Gasteiger partial charge in [0.25, 0.3) is 0 Å². The van der Waals surface area contributed by atoms with Crippen LogP contribution in [0.4, 0.5) is 10.1 Å². The van der Waals surface area contributed by atoms with Crippen LogP contribution in [0.1, 0.15) is 5.69 Å². The highest BCUT2D eigenvalue weighted by Gasteiger charge is 2.26. The third-order valence-electron chi connectivity index (χ3n) is 2.56. The van der Waals surface area contributed by atoms with Gasteiger partial charge in [0.15, 0.2) is 0 Å². The van der Waals surface area contributed by atoms with E-state index in [0.29, 0.717) is 18.8 Å². The Kier molecular flexibility index (Phi) is 3.03. The van der Waals surface area contributed by atoms with Crippen LogP contribution in [-0.2, 0) is 16.0 Å². The van der Waals surface area contributed by atoms with Gasteiger partial charge in [-0.15, -0.1) is 0 Å². The lowest BCUT2D eigenvalue weighted by atomic mass is 10.1. The topological polar surface area (TPSA) is 42.4 Å². The zero-order chi connectivity index (χ0) is 11.5. The van der Waals surface area contributed by atoms with Gasteiger partial charge in [-0.05, 0) is 12.1 Å². The molecule has 16 heavy (non-hydrogen) atoms. The molecular weight excluding hydrogens is 211 g/mol. The lowest BCUT2D eigenvalue weighted by Crippen LogP contribution is -2.48. The molecule has 0 aliphatic carbocycles. The van der Waals surface area contributed by atoms with Crippen LogP contribution in [0.15, 0.2) is 18.3 Å². The number of hydrogen-bond acceptors (Lipinski definition) is 4. The first kappa shape index (κ1) is 10.9. The van der Waals surface area contributed by atoms with E-state index in [-0.39, 0.29) is 12.4 Å². The first-order valence-electron chi connectivity index (χ1n) is 5.10. The third-order valence-corrected chi connectivity index (χ3v) is 2.56. The number of anilines is 1. The van der Waals surface area contributed by atoms with Crippen LogP contribution in [0.2, 0.25) is 0 Å². The number of halogens is 1. The zero-order valence-corrected chi connectivity index (χ0v) is 9.02. The standard InChI is InChI=1S/C11H13FN2O2/c1-16-11(15)5-9-4-10(2-3-13-9)14-6-8(12)7-14/h2-4,8H,5-7H2,1H3. The van der Waals surface area contributed by atoms with Crippen LogP contribution in [-0.4, -0.2) is 37.3 Å². The largest absolute Gasteiger partial charge is 0.469 e. The first-order chi connectivity index (χ1) is 7.69. The molecule has 0 N–H and O–H groups in total. The Morgan fingerprint density at radius 1 is 1.69 bits per heavy atom. The number of alkyl halides is 1. The lowest BCUT2D eigenvalue weighted by Gasteiger charge is -2.36. The van der Waals surface area contributed by atoms with Crippen molar-refractivity contribution in [2.45, 2.75) is 12.6 Å². The van der Waals surface area contributed by atoms with Crippen molar-refractivity contribution in [2.24, 2.45) is 0 Å². The van der Waals surface area contributed by atoms with Crippen molar-refractivity contribution in [1.29, 1.82) is 0 Å². The lowest BCUT2D eigenvalue weighted by molar-refractivity contribution is -0.139. The minimum Gasteiger partial charge on any atom is -0.469 e. The van der Waals surface area contributed by atoms with Crippen molar-refractivity contribution >= 4 is 11.7 Å². The average molecular weight is 224 g/mol. The molecule has 0 saturated carbocycles. The highest BCUT2D eigenvalue weighted by atomic mass is 19.1. The Balaban J connectivity index is 2.05. The van der Waals surface area contributed by atoms with E-state index in [1.807, 2.05) is 11.0 Å². The number of carbonyl (C=O) groups excluding carboxylic acids is 1. The fourth-order valence-electron chi connectivity index (χ4n) is 1.61. The van der Waals surface area contributed by atoms with Crippen LogP contribution in [0.5, 0.6) is 0 Å². The minimum absolute atomic E-state index is 0.150. The Morgan fingerprint density at radius 3 is 3.06 bits per heavy atom. The molecule has 0 unspecified atom stereocenters. The first-order valence-corrected chi connectivity index (χ1v) is 5.10. The summed E-state index contributed by atoms with van der Waals surface area (Å²) in [7, 11) is 1.34. The number of pyridine rings is 1. The van der Waals surface area contributed by atoms with Gasteiger partial charge < -0.3 is 9.64 Å². The number of methoxy groups -OCH3 is 1. The van der Waals surface area contributed by atoms with E-state index in [9.17, 15) is 9.18 Å². The zero-order valence-electron chi connectivity index (χ0n) is 9.02. The quantitative estimate of drug-likeness (QED) is 0.717. The van der Waals surface area contributed by atoms with E-state index in [1.54, 1.807) is 12.3 Å². The normalized spacial score (nSPS) is 15.8. The van der Waals surface area contributed by atoms with Crippen LogP contribution < -0.4 is 4.90 Å². The summed E-state index contributed by atoms with van der Waals surface area (Å²) in [6.07, 6.45) is 1.04. The molecule has 86 valence electrons. The van der Waals surface area contributed by atoms with E-state index >= 15 is 0 Å². The van der Waals surface area contributed by atoms with Crippen molar-refractivity contribution in [3.05, 3.63) is 24.0 Å². The van der Waals surface area contributed by atoms with Crippen molar-refractivity contribution < 1.29 is 13.9 Å². The molecule has 0 aromatic carbocycles. The van der Waals surface area contributed by atoms with Gasteiger partial charge in [0.2, 0.25) is 0 Å². The number of ether oxygens (including phenoxy) is 1. The summed E-state index contributed by atoms with van der Waals surface area (Å²) in [5, 5.41) is 0. The summed E-state index contributed by atoms with van der Waals surface area (Å²) in [6.45, 7) is 0.837. The molecule has 1 aliphatic rings. The fourth-order valence-corrected chi connectivity index (χ4v) is 1.61. The predicted molar refractivity (Wildman–Crippen MR) is 57.1 cm³/mol. The van der Waals surface area contributed by atoms with Crippen molar-refractivity contribution in [3.63, 3.8) is 0 Å². The number of aromatic nitrogens is 1. The van der Waals surface area contributed by atoms with Gasteiger partial charge in [0.1, 0.15) is 6.17 Å². The van der Waals surface area contributed by atoms with Crippen LogP contribution in [0.25, 0.3) is 0 Å². The molecule has 2 rings (SSSR count). The van der Waals surface area contributed by atoms with Gasteiger partial charge in [-0.3, -0.25) is 9.78 Å². The molecule has 1 saturated heterocycles. The van der Waals surface area contributed by atoms with Gasteiger partial charge in [-0.25, -0.2) is 4.39 Å². The van der Waals surface area contributed by atoms with Crippen molar-refractivity contribution in [2.75, 3.05) is 25.1 Å². The Bertz CT molecular complexity index is 391. The van der Waals surface area contributed by atoms with Gasteiger partial charge in [-0.1, -0.05) is 0 Å². The van der Waals surface area contributed by atoms with E-state index < -0.39 is 6.17 Å². The number of carbonyl (C=O) groups is 1. The molecule has 1 aromatic heterocycles. The molecule has 4 nitrogen and oxygen atoms in total. The maximum Gasteiger partial charge on any atom is 0.311 e. The Hall–Kier alpha value is -1.65. The van der Waals surface area contributed by atoms with Gasteiger partial charge >= 0.3 is 5.97 Å². The van der Waals surface area contributed by atoms with Gasteiger partial charge in [0, 0.05) is 11.9 Å². The number of esters is 1. The molecule has 0 bridgehead atoms. The van der Waals surface area contributed by atoms with E-state index in [4.69, 9.17) is 0 Å². The molecule has 5 heteroatoms. The summed E-state index contributed by atoms with van der Waals surface area (Å²) >= 11 is 0. The Labute approximate surface area is 93.0 Å². The second kappa shape index (κ2) is 4.47. The maximum absolute atomic E-state index is 12.7. The van der Waals surface area contributed by atoms with Crippen LogP contribution >= 0.6 is 0 Å². The predicted octanol–water partition coefficient (Wildman–Crippen LogP) is 0.955. The Morgan fingerprint density at radius 2 is 2.44 bits per heavy atom. The van der Waals surface area contributed by atoms with Crippen LogP contribution in [0.3, 0.4) is 0 Å². The smallest absolute Gasteiger partial charge is 0.311 e. The monoisotopic (exact) mass is 224 g/mol. The second-order valence-corrected chi connectivity index (χ2v) is 3.76. The van der Waals surface area contributed by atoms with E-state index in [0.717, 1.165) is 5.69 Å². The molecule has 0 radical (unpaired) electrons. The fraction of sp³-hybridized carbons (Fsp3) is 0.455. The molecule has 1 aliphatic heterocycles. The third kappa shape index (κ3) is 2.29. The van der Waals surface area contributed by atoms with Crippen molar-refractivity contribution in [3.8, 4) is 0 Å². The number of rotatable bonds is 3. The molecule has 0 amide bonds. The molecule has 0 spiro atoms. The highest BCUT2D eigenvalue weighted by molar-refractivity contribution is 5.72. The van der Waals surface area contributed by atoms with Gasteiger partial charge in [-0.2, -0.15) is 0 Å². The average Bonchev–Trinajstić information content (AvgIpc) is 2.25. The second-order valence-electron chi connectivity index (χ2n) is 3.76. The molecular formula is C11H13FN2O2. The maximum atomic E-state index is 12.7. The highest BCUT2D eigenvalue weighted by Crippen LogP contribution is 2.22. The van der Waals surface area contributed by atoms with Crippen molar-refractivity contribution in [1.82, 2.24) is 4.98 Å². The summed E-state index contributed by atoms with van der Waals surface area (Å²) in [4.78, 5) is 17.0. The summed E-state index contributed by atoms with van der Waals surface area (Å²) in [6, 6.07) is 3.61. The molecule has 1 aromatic rings. The molecule has 0 atom stereocenters. The summed E-state index contributed by atoms with van der Waals surface area (Å²) in [5.74, 6) is -0.323. The molecule has 1 fully saturated rings.